The molecule has 26 heavy (non-hydrogen) atoms. The number of benzene rings is 2. The van der Waals surface area contributed by atoms with Gasteiger partial charge in [-0.15, -0.1) is 0 Å². The summed E-state index contributed by atoms with van der Waals surface area (Å²) in [6, 6.07) is 13.2. The number of phenols is 1. The van der Waals surface area contributed by atoms with Gasteiger partial charge in [0.05, 0.1) is 19.6 Å². The Labute approximate surface area is 155 Å². The molecule has 0 aliphatic carbocycles. The number of hydrogen-bond acceptors (Lipinski definition) is 5. The first kappa shape index (κ1) is 19.8. The number of ether oxygens (including phenoxy) is 2. The fraction of sp³-hybridized carbons (Fsp3) is 0.381. The topological polar surface area (TPSA) is 67.8 Å². The zero-order valence-corrected chi connectivity index (χ0v) is 15.6. The van der Waals surface area contributed by atoms with E-state index in [9.17, 15) is 9.90 Å². The summed E-state index contributed by atoms with van der Waals surface area (Å²) in [5, 5.41) is 13.7. The Kier molecular flexibility index (Phi) is 7.48. The van der Waals surface area contributed by atoms with E-state index in [0.29, 0.717) is 25.5 Å². The summed E-state index contributed by atoms with van der Waals surface area (Å²) < 4.78 is 10.5. The summed E-state index contributed by atoms with van der Waals surface area (Å²) in [7, 11) is 0. The molecule has 0 bridgehead atoms. The third kappa shape index (κ3) is 5.49. The lowest BCUT2D eigenvalue weighted by Crippen LogP contribution is -2.24. The highest BCUT2D eigenvalue weighted by atomic mass is 16.5. The van der Waals surface area contributed by atoms with Gasteiger partial charge in [-0.3, -0.25) is 4.79 Å². The third-order valence-electron chi connectivity index (χ3n) is 4.08. The van der Waals surface area contributed by atoms with E-state index in [1.54, 1.807) is 13.0 Å². The van der Waals surface area contributed by atoms with Gasteiger partial charge in [-0.1, -0.05) is 42.0 Å². The summed E-state index contributed by atoms with van der Waals surface area (Å²) in [5.74, 6) is 0.336. The lowest BCUT2D eigenvalue weighted by molar-refractivity contribution is -0.143. The number of aryl methyl sites for hydroxylation is 1. The molecule has 0 fully saturated rings. The van der Waals surface area contributed by atoms with Crippen LogP contribution in [0, 0.1) is 6.92 Å². The Morgan fingerprint density at radius 2 is 1.85 bits per heavy atom. The van der Waals surface area contributed by atoms with Crippen molar-refractivity contribution in [1.29, 1.82) is 0 Å². The first-order valence-electron chi connectivity index (χ1n) is 8.94. The Balaban J connectivity index is 2.15. The Morgan fingerprint density at radius 1 is 1.12 bits per heavy atom. The minimum absolute atomic E-state index is 0.126. The third-order valence-corrected chi connectivity index (χ3v) is 4.08. The van der Waals surface area contributed by atoms with Gasteiger partial charge >= 0.3 is 5.97 Å². The van der Waals surface area contributed by atoms with Crippen LogP contribution in [-0.4, -0.2) is 24.3 Å². The number of carbonyl (C=O) groups is 1. The molecule has 2 aromatic rings. The lowest BCUT2D eigenvalue weighted by Gasteiger charge is -2.20. The first-order chi connectivity index (χ1) is 12.5. The molecule has 2 rings (SSSR count). The molecule has 0 radical (unpaired) electrons. The monoisotopic (exact) mass is 357 g/mol. The van der Waals surface area contributed by atoms with Gasteiger partial charge < -0.3 is 19.9 Å². The van der Waals surface area contributed by atoms with Gasteiger partial charge in [0, 0.05) is 18.2 Å². The van der Waals surface area contributed by atoms with Crippen LogP contribution in [0.5, 0.6) is 11.5 Å². The highest BCUT2D eigenvalue weighted by Gasteiger charge is 2.18. The van der Waals surface area contributed by atoms with E-state index < -0.39 is 0 Å². The maximum Gasteiger partial charge on any atom is 0.307 e. The molecule has 0 unspecified atom stereocenters. The summed E-state index contributed by atoms with van der Waals surface area (Å²) in [5.41, 5.74) is 2.88. The second-order valence-electron chi connectivity index (χ2n) is 6.05. The molecule has 0 spiro atoms. The Hall–Kier alpha value is -2.53. The Bertz CT molecular complexity index is 712. The zero-order chi connectivity index (χ0) is 18.9. The minimum atomic E-state index is -0.252. The van der Waals surface area contributed by atoms with Gasteiger partial charge in [-0.2, -0.15) is 0 Å². The molecule has 5 nitrogen and oxygen atoms in total. The molecule has 1 atom stereocenters. The maximum absolute atomic E-state index is 12.0. The molecule has 2 N–H and O–H groups in total. The minimum Gasteiger partial charge on any atom is -0.504 e. The van der Waals surface area contributed by atoms with E-state index in [1.807, 2.05) is 50.2 Å². The molecule has 0 amide bonds. The number of rotatable bonds is 9. The number of para-hydroxylation sites is 1. The molecule has 0 saturated heterocycles. The van der Waals surface area contributed by atoms with Crippen LogP contribution >= 0.6 is 0 Å². The number of hydrogen-bond donors (Lipinski definition) is 2. The van der Waals surface area contributed by atoms with Crippen LogP contribution in [0.25, 0.3) is 0 Å². The molecule has 0 saturated carbocycles. The van der Waals surface area contributed by atoms with E-state index in [2.05, 4.69) is 5.32 Å². The smallest absolute Gasteiger partial charge is 0.307 e. The number of phenolic OH excluding ortho intramolecular Hbond substituents is 1. The predicted molar refractivity (Wildman–Crippen MR) is 101 cm³/mol. The Morgan fingerprint density at radius 3 is 2.50 bits per heavy atom. The van der Waals surface area contributed by atoms with Crippen molar-refractivity contribution >= 4 is 5.97 Å². The second kappa shape index (κ2) is 9.82. The van der Waals surface area contributed by atoms with Crippen molar-refractivity contribution in [2.45, 2.75) is 39.8 Å². The summed E-state index contributed by atoms with van der Waals surface area (Å²) in [6.07, 6.45) is 0.225. The molecule has 0 aliphatic heterocycles. The second-order valence-corrected chi connectivity index (χ2v) is 6.05. The van der Waals surface area contributed by atoms with Crippen molar-refractivity contribution in [1.82, 2.24) is 5.32 Å². The summed E-state index contributed by atoms with van der Waals surface area (Å²) in [6.45, 7) is 6.94. The molecule has 140 valence electrons. The molecule has 0 heterocycles. The van der Waals surface area contributed by atoms with Crippen LogP contribution in [0.2, 0.25) is 0 Å². The van der Waals surface area contributed by atoms with E-state index in [0.717, 1.165) is 16.7 Å². The highest BCUT2D eigenvalue weighted by Crippen LogP contribution is 2.30. The van der Waals surface area contributed by atoms with E-state index in [-0.39, 0.29) is 24.2 Å². The van der Waals surface area contributed by atoms with Crippen LogP contribution in [0.3, 0.4) is 0 Å². The van der Waals surface area contributed by atoms with Crippen LogP contribution < -0.4 is 10.1 Å². The van der Waals surface area contributed by atoms with Crippen molar-refractivity contribution in [2.24, 2.45) is 0 Å². The van der Waals surface area contributed by atoms with Gasteiger partial charge in [0.2, 0.25) is 0 Å². The fourth-order valence-corrected chi connectivity index (χ4v) is 2.71. The SMILES string of the molecule is CCOC(=O)C[C@@H](NCc1cccc(OCC)c1O)c1ccc(C)cc1. The summed E-state index contributed by atoms with van der Waals surface area (Å²) >= 11 is 0. The van der Waals surface area contributed by atoms with E-state index >= 15 is 0 Å². The largest absolute Gasteiger partial charge is 0.504 e. The molecule has 0 aliphatic rings. The predicted octanol–water partition coefficient (Wildman–Crippen LogP) is 3.88. The van der Waals surface area contributed by atoms with Gasteiger partial charge in [-0.25, -0.2) is 0 Å². The lowest BCUT2D eigenvalue weighted by atomic mass is 10.0. The number of nitrogens with one attached hydrogen (secondary N) is 1. The quantitative estimate of drug-likeness (QED) is 0.667. The van der Waals surface area contributed by atoms with Gasteiger partial charge in [0.25, 0.3) is 0 Å². The van der Waals surface area contributed by atoms with Crippen LogP contribution in [0.1, 0.15) is 43.0 Å². The standard InChI is InChI=1S/C21H27NO4/c1-4-25-19-8-6-7-17(21(19)24)14-22-18(13-20(23)26-5-2)16-11-9-15(3)10-12-16/h6-12,18,22,24H,4-5,13-14H2,1-3H3/t18-/m1/s1. The molecule has 2 aromatic carbocycles. The zero-order valence-electron chi connectivity index (χ0n) is 15.6. The van der Waals surface area contributed by atoms with Crippen LogP contribution in [-0.2, 0) is 16.1 Å². The molecule has 5 heteroatoms. The van der Waals surface area contributed by atoms with Crippen LogP contribution in [0.4, 0.5) is 0 Å². The number of carbonyl (C=O) groups excluding carboxylic acids is 1. The van der Waals surface area contributed by atoms with Gasteiger partial charge in [-0.05, 0) is 32.4 Å². The first-order valence-corrected chi connectivity index (χ1v) is 8.94. The van der Waals surface area contributed by atoms with E-state index in [1.165, 1.54) is 0 Å². The van der Waals surface area contributed by atoms with Crippen molar-refractivity contribution in [3.05, 3.63) is 59.2 Å². The fourth-order valence-electron chi connectivity index (χ4n) is 2.71. The van der Waals surface area contributed by atoms with Crippen molar-refractivity contribution < 1.29 is 19.4 Å². The molecular weight excluding hydrogens is 330 g/mol. The number of aromatic hydroxyl groups is 1. The van der Waals surface area contributed by atoms with Gasteiger partial charge in [0.1, 0.15) is 0 Å². The number of esters is 1. The highest BCUT2D eigenvalue weighted by molar-refractivity contribution is 5.70. The normalized spacial score (nSPS) is 11.8. The average Bonchev–Trinajstić information content (AvgIpc) is 2.62. The molecular formula is C21H27NO4. The van der Waals surface area contributed by atoms with Crippen molar-refractivity contribution in [3.63, 3.8) is 0 Å². The van der Waals surface area contributed by atoms with Crippen LogP contribution in [0.15, 0.2) is 42.5 Å². The van der Waals surface area contributed by atoms with Crippen molar-refractivity contribution in [2.75, 3.05) is 13.2 Å². The summed E-state index contributed by atoms with van der Waals surface area (Å²) in [4.78, 5) is 12.0. The van der Waals surface area contributed by atoms with Crippen molar-refractivity contribution in [3.8, 4) is 11.5 Å². The van der Waals surface area contributed by atoms with Gasteiger partial charge in [0.15, 0.2) is 11.5 Å². The van der Waals surface area contributed by atoms with E-state index in [4.69, 9.17) is 9.47 Å². The average molecular weight is 357 g/mol. The molecule has 0 aromatic heterocycles. The maximum atomic E-state index is 12.0.